The standard InChI is InChI=1S/C16H14BrN3O8/c1-26-11-5-8(9(17)6-12(11)28-7-13(21)27-2)3-4-10-14(20(24)25)15(22)19-16(23)18-10/h3-6H,7H2,1-2H3,(H2,18,19,22,23)/b4-3+. The molecular formula is C16H14BrN3O8. The molecule has 28 heavy (non-hydrogen) atoms. The zero-order valence-corrected chi connectivity index (χ0v) is 16.2. The first kappa shape index (κ1) is 20.9. The van der Waals surface area contributed by atoms with Gasteiger partial charge in [0.15, 0.2) is 18.1 Å². The first-order chi connectivity index (χ1) is 13.3. The summed E-state index contributed by atoms with van der Waals surface area (Å²) in [5.41, 5.74) is -2.56. The highest BCUT2D eigenvalue weighted by Crippen LogP contribution is 2.34. The van der Waals surface area contributed by atoms with E-state index in [1.54, 1.807) is 4.98 Å². The van der Waals surface area contributed by atoms with Gasteiger partial charge in [0.05, 0.1) is 19.1 Å². The van der Waals surface area contributed by atoms with E-state index in [9.17, 15) is 24.5 Å². The predicted octanol–water partition coefficient (Wildman–Crippen LogP) is 1.46. The van der Waals surface area contributed by atoms with E-state index in [2.05, 4.69) is 25.7 Å². The second-order valence-electron chi connectivity index (χ2n) is 5.15. The molecule has 2 N–H and O–H groups in total. The first-order valence-electron chi connectivity index (χ1n) is 7.53. The first-order valence-corrected chi connectivity index (χ1v) is 8.32. The fourth-order valence-electron chi connectivity index (χ4n) is 2.12. The molecule has 1 heterocycles. The number of aromatic amines is 2. The molecule has 0 spiro atoms. The van der Waals surface area contributed by atoms with Crippen molar-refractivity contribution in [2.75, 3.05) is 20.8 Å². The van der Waals surface area contributed by atoms with E-state index < -0.39 is 27.8 Å². The number of methoxy groups -OCH3 is 2. The number of carbonyl (C=O) groups excluding carboxylic acids is 1. The molecule has 0 saturated carbocycles. The molecule has 0 aliphatic heterocycles. The number of carbonyl (C=O) groups is 1. The summed E-state index contributed by atoms with van der Waals surface area (Å²) in [5.74, 6) is -0.0409. The molecule has 0 unspecified atom stereocenters. The Bertz CT molecular complexity index is 1060. The Labute approximate surface area is 165 Å². The van der Waals surface area contributed by atoms with Crippen molar-refractivity contribution < 1.29 is 23.9 Å². The topological polar surface area (TPSA) is 154 Å². The second-order valence-corrected chi connectivity index (χ2v) is 6.00. The number of aromatic nitrogens is 2. The molecule has 11 nitrogen and oxygen atoms in total. The van der Waals surface area contributed by atoms with Crippen LogP contribution in [0.1, 0.15) is 11.3 Å². The van der Waals surface area contributed by atoms with Crippen molar-refractivity contribution in [1.29, 1.82) is 0 Å². The van der Waals surface area contributed by atoms with Crippen molar-refractivity contribution in [3.63, 3.8) is 0 Å². The van der Waals surface area contributed by atoms with E-state index in [0.29, 0.717) is 10.0 Å². The minimum Gasteiger partial charge on any atom is -0.493 e. The third-order valence-corrected chi connectivity index (χ3v) is 4.10. The monoisotopic (exact) mass is 455 g/mol. The van der Waals surface area contributed by atoms with Gasteiger partial charge in [-0.15, -0.1) is 0 Å². The minimum atomic E-state index is -1.11. The minimum absolute atomic E-state index is 0.257. The molecule has 0 bridgehead atoms. The van der Waals surface area contributed by atoms with E-state index in [-0.39, 0.29) is 23.8 Å². The van der Waals surface area contributed by atoms with Gasteiger partial charge in [-0.1, -0.05) is 22.0 Å². The molecule has 0 amide bonds. The Kier molecular flexibility index (Phi) is 6.71. The lowest BCUT2D eigenvalue weighted by Crippen LogP contribution is -2.25. The van der Waals surface area contributed by atoms with Crippen LogP contribution < -0.4 is 20.7 Å². The third kappa shape index (κ3) is 4.85. The average molecular weight is 456 g/mol. The van der Waals surface area contributed by atoms with Crippen LogP contribution in [-0.4, -0.2) is 41.7 Å². The van der Waals surface area contributed by atoms with E-state index in [4.69, 9.17) is 9.47 Å². The van der Waals surface area contributed by atoms with E-state index >= 15 is 0 Å². The van der Waals surface area contributed by atoms with Crippen molar-refractivity contribution in [3.8, 4) is 11.5 Å². The molecule has 0 aliphatic carbocycles. The Morgan fingerprint density at radius 3 is 2.54 bits per heavy atom. The van der Waals surface area contributed by atoms with Gasteiger partial charge in [-0.2, -0.15) is 0 Å². The quantitative estimate of drug-likeness (QED) is 0.361. The van der Waals surface area contributed by atoms with Crippen molar-refractivity contribution in [2.24, 2.45) is 0 Å². The molecule has 1 aromatic carbocycles. The van der Waals surface area contributed by atoms with Gasteiger partial charge >= 0.3 is 22.9 Å². The van der Waals surface area contributed by atoms with Gasteiger partial charge < -0.3 is 19.2 Å². The number of hydrogen-bond acceptors (Lipinski definition) is 8. The summed E-state index contributed by atoms with van der Waals surface area (Å²) >= 11 is 3.31. The number of nitro groups is 1. The fraction of sp³-hybridized carbons (Fsp3) is 0.188. The number of benzene rings is 1. The number of halogens is 1. The Hall–Kier alpha value is -3.41. The van der Waals surface area contributed by atoms with E-state index in [0.717, 1.165) is 0 Å². The summed E-state index contributed by atoms with van der Waals surface area (Å²) in [5, 5.41) is 11.1. The zero-order valence-electron chi connectivity index (χ0n) is 14.6. The van der Waals surface area contributed by atoms with Crippen molar-refractivity contribution in [3.05, 3.63) is 58.8 Å². The van der Waals surface area contributed by atoms with Crippen LogP contribution in [0.3, 0.4) is 0 Å². The van der Waals surface area contributed by atoms with Crippen LogP contribution in [-0.2, 0) is 9.53 Å². The summed E-state index contributed by atoms with van der Waals surface area (Å²) in [4.78, 5) is 48.5. The SMILES string of the molecule is COC(=O)COc1cc(Br)c(/C=C/c2[nH]c(=O)[nH]c(=O)c2[N+](=O)[O-])cc1OC. The molecular weight excluding hydrogens is 442 g/mol. The van der Waals surface area contributed by atoms with E-state index in [1.807, 2.05) is 0 Å². The second kappa shape index (κ2) is 8.99. The Morgan fingerprint density at radius 2 is 1.93 bits per heavy atom. The van der Waals surface area contributed by atoms with Crippen LogP contribution in [0, 0.1) is 10.1 Å². The normalized spacial score (nSPS) is 10.7. The van der Waals surface area contributed by atoms with Gasteiger partial charge in [0, 0.05) is 4.47 Å². The summed E-state index contributed by atoms with van der Waals surface area (Å²) in [6, 6.07) is 3.06. The smallest absolute Gasteiger partial charge is 0.357 e. The van der Waals surface area contributed by atoms with Gasteiger partial charge in [-0.05, 0) is 23.8 Å². The van der Waals surface area contributed by atoms with Crippen LogP contribution in [0.15, 0.2) is 26.2 Å². The highest BCUT2D eigenvalue weighted by Gasteiger charge is 2.19. The summed E-state index contributed by atoms with van der Waals surface area (Å²) < 4.78 is 15.5. The van der Waals surface area contributed by atoms with Gasteiger partial charge in [-0.3, -0.25) is 19.9 Å². The highest BCUT2D eigenvalue weighted by molar-refractivity contribution is 9.10. The van der Waals surface area contributed by atoms with Crippen LogP contribution in [0.4, 0.5) is 5.69 Å². The maximum absolute atomic E-state index is 11.6. The number of ether oxygens (including phenoxy) is 3. The average Bonchev–Trinajstić information content (AvgIpc) is 2.64. The molecule has 0 fully saturated rings. The van der Waals surface area contributed by atoms with Crippen LogP contribution >= 0.6 is 15.9 Å². The zero-order chi connectivity index (χ0) is 20.8. The van der Waals surface area contributed by atoms with Gasteiger partial charge in [0.1, 0.15) is 5.69 Å². The van der Waals surface area contributed by atoms with Crippen molar-refractivity contribution in [1.82, 2.24) is 9.97 Å². The Balaban J connectivity index is 2.42. The largest absolute Gasteiger partial charge is 0.493 e. The lowest BCUT2D eigenvalue weighted by atomic mass is 10.1. The summed E-state index contributed by atoms with van der Waals surface area (Å²) in [6.45, 7) is -0.325. The molecule has 0 aliphatic rings. The summed E-state index contributed by atoms with van der Waals surface area (Å²) in [7, 11) is 2.62. The number of nitrogens with zero attached hydrogens (tertiary/aromatic N) is 1. The third-order valence-electron chi connectivity index (χ3n) is 3.41. The molecule has 12 heteroatoms. The van der Waals surface area contributed by atoms with Crippen LogP contribution in [0.5, 0.6) is 11.5 Å². The molecule has 0 saturated heterocycles. The number of nitrogens with one attached hydrogen (secondary N) is 2. The molecule has 148 valence electrons. The fourth-order valence-corrected chi connectivity index (χ4v) is 2.57. The Morgan fingerprint density at radius 1 is 1.21 bits per heavy atom. The maximum atomic E-state index is 11.6. The molecule has 0 radical (unpaired) electrons. The van der Waals surface area contributed by atoms with Crippen molar-refractivity contribution in [2.45, 2.75) is 0 Å². The number of hydrogen-bond donors (Lipinski definition) is 2. The van der Waals surface area contributed by atoms with Crippen LogP contribution in [0.25, 0.3) is 12.2 Å². The van der Waals surface area contributed by atoms with Gasteiger partial charge in [0.25, 0.3) is 0 Å². The number of H-pyrrole nitrogens is 2. The van der Waals surface area contributed by atoms with Gasteiger partial charge in [0.2, 0.25) is 0 Å². The molecule has 2 aromatic rings. The van der Waals surface area contributed by atoms with Crippen LogP contribution in [0.2, 0.25) is 0 Å². The molecule has 2 rings (SSSR count). The maximum Gasteiger partial charge on any atom is 0.357 e. The lowest BCUT2D eigenvalue weighted by molar-refractivity contribution is -0.386. The van der Waals surface area contributed by atoms with E-state index in [1.165, 1.54) is 38.5 Å². The lowest BCUT2D eigenvalue weighted by Gasteiger charge is -2.12. The highest BCUT2D eigenvalue weighted by atomic mass is 79.9. The predicted molar refractivity (Wildman–Crippen MR) is 101 cm³/mol. The summed E-state index contributed by atoms with van der Waals surface area (Å²) in [6.07, 6.45) is 2.64. The van der Waals surface area contributed by atoms with Crippen molar-refractivity contribution >= 4 is 39.7 Å². The number of esters is 1. The van der Waals surface area contributed by atoms with Gasteiger partial charge in [-0.25, -0.2) is 9.59 Å². The number of rotatable bonds is 7. The molecule has 0 atom stereocenters. The molecule has 1 aromatic heterocycles.